The molecule has 0 saturated heterocycles. The van der Waals surface area contributed by atoms with Crippen molar-refractivity contribution in [3.8, 4) is 28.6 Å². The first-order valence-electron chi connectivity index (χ1n) is 12.1. The van der Waals surface area contributed by atoms with Gasteiger partial charge in [-0.3, -0.25) is 4.79 Å². The minimum Gasteiger partial charge on any atom is -0.490 e. The summed E-state index contributed by atoms with van der Waals surface area (Å²) < 4.78 is 17.5. The van der Waals surface area contributed by atoms with Crippen LogP contribution < -0.4 is 20.6 Å². The number of carbonyl (C=O) groups excluding carboxylic acids is 1. The normalized spacial score (nSPS) is 11.1. The average Bonchev–Trinajstić information content (AvgIpc) is 3.60. The van der Waals surface area contributed by atoms with Crippen LogP contribution in [0.5, 0.6) is 11.5 Å². The van der Waals surface area contributed by atoms with E-state index in [1.54, 1.807) is 42.5 Å². The second-order valence-electron chi connectivity index (χ2n) is 8.29. The molecule has 5 rings (SSSR count). The molecule has 0 bridgehead atoms. The molecular weight excluding hydrogens is 536 g/mol. The van der Waals surface area contributed by atoms with E-state index in [4.69, 9.17) is 26.8 Å². The van der Waals surface area contributed by atoms with E-state index in [0.717, 1.165) is 10.2 Å². The van der Waals surface area contributed by atoms with Gasteiger partial charge in [-0.1, -0.05) is 59.3 Å². The largest absolute Gasteiger partial charge is 0.490 e. The summed E-state index contributed by atoms with van der Waals surface area (Å²) in [6, 6.07) is 21.8. The van der Waals surface area contributed by atoms with Gasteiger partial charge in [0.25, 0.3) is 5.91 Å². The van der Waals surface area contributed by atoms with Gasteiger partial charge in [-0.25, -0.2) is 10.1 Å². The number of carbonyl (C=O) groups is 1. The topological polar surface area (TPSA) is 156 Å². The predicted octanol–water partition coefficient (Wildman–Crippen LogP) is 4.29. The lowest BCUT2D eigenvalue weighted by molar-refractivity contribution is 0.0947. The molecule has 0 aliphatic carbocycles. The minimum atomic E-state index is -0.601. The van der Waals surface area contributed by atoms with Crippen LogP contribution in [-0.4, -0.2) is 44.0 Å². The number of nitrogen functional groups attached to an aromatic ring is 1. The summed E-state index contributed by atoms with van der Waals surface area (Å²) in [5.41, 5.74) is 11.0. The molecule has 0 radical (unpaired) electrons. The first-order chi connectivity index (χ1) is 19.5. The van der Waals surface area contributed by atoms with Gasteiger partial charge in [-0.15, -0.1) is 5.10 Å². The Morgan fingerprint density at radius 3 is 2.60 bits per heavy atom. The number of nitrogens with one attached hydrogen (secondary N) is 1. The van der Waals surface area contributed by atoms with Crippen molar-refractivity contribution in [2.45, 2.75) is 13.5 Å². The highest BCUT2D eigenvalue weighted by Gasteiger charge is 2.25. The Morgan fingerprint density at radius 1 is 1.07 bits per heavy atom. The third-order valence-electron chi connectivity index (χ3n) is 5.58. The highest BCUT2D eigenvalue weighted by atomic mass is 35.5. The van der Waals surface area contributed by atoms with Gasteiger partial charge in [0.15, 0.2) is 17.2 Å². The number of benzene rings is 3. The predicted molar refractivity (Wildman–Crippen MR) is 148 cm³/mol. The Bertz CT molecular complexity index is 1630. The van der Waals surface area contributed by atoms with E-state index in [2.05, 4.69) is 35.8 Å². The fourth-order valence-corrected chi connectivity index (χ4v) is 3.84. The number of hydrogen-bond acceptors (Lipinski definition) is 10. The van der Waals surface area contributed by atoms with Crippen molar-refractivity contribution in [1.29, 1.82) is 0 Å². The maximum absolute atomic E-state index is 13.3. The van der Waals surface area contributed by atoms with Crippen molar-refractivity contribution in [3.63, 3.8) is 0 Å². The van der Waals surface area contributed by atoms with Crippen molar-refractivity contribution >= 4 is 29.5 Å². The van der Waals surface area contributed by atoms with Gasteiger partial charge >= 0.3 is 0 Å². The molecule has 12 nitrogen and oxygen atoms in total. The molecule has 1 amide bonds. The molecule has 2 heterocycles. The molecule has 202 valence electrons. The number of anilines is 1. The van der Waals surface area contributed by atoms with E-state index in [1.807, 2.05) is 37.3 Å². The number of halogens is 1. The number of ether oxygens (including phenoxy) is 2. The third-order valence-corrected chi connectivity index (χ3v) is 5.84. The van der Waals surface area contributed by atoms with Crippen molar-refractivity contribution in [1.82, 2.24) is 30.7 Å². The molecule has 0 atom stereocenters. The average molecular weight is 559 g/mol. The van der Waals surface area contributed by atoms with E-state index in [9.17, 15) is 4.79 Å². The standard InChI is InChI=1S/C27H23ClN8O4/c1-2-38-22-14-18(10-13-21(22)39-16-17-8-11-20(28)12-9-17)15-30-32-27(37)24-23(19-6-4-3-5-7-19)31-35-36(24)26-25(29)33-40-34-26/h3-15H,2,16H2,1H3,(H2,29,33)(H,32,37)/b30-15+. The van der Waals surface area contributed by atoms with Crippen LogP contribution in [0.2, 0.25) is 5.02 Å². The van der Waals surface area contributed by atoms with Crippen molar-refractivity contribution < 1.29 is 18.9 Å². The fourth-order valence-electron chi connectivity index (χ4n) is 3.71. The second kappa shape index (κ2) is 12.1. The number of nitrogens with two attached hydrogens (primary N) is 1. The first-order valence-corrected chi connectivity index (χ1v) is 12.5. The summed E-state index contributed by atoms with van der Waals surface area (Å²) in [7, 11) is 0. The molecular formula is C27H23ClN8O4. The van der Waals surface area contributed by atoms with Gasteiger partial charge in [0.2, 0.25) is 11.6 Å². The number of nitrogens with zero attached hydrogens (tertiary/aromatic N) is 6. The lowest BCUT2D eigenvalue weighted by atomic mass is 10.1. The van der Waals surface area contributed by atoms with Crippen LogP contribution >= 0.6 is 11.6 Å². The Kier molecular flexibility index (Phi) is 7.97. The van der Waals surface area contributed by atoms with Gasteiger partial charge in [0.1, 0.15) is 12.3 Å². The molecule has 0 unspecified atom stereocenters. The first kappa shape index (κ1) is 26.4. The maximum atomic E-state index is 13.3. The van der Waals surface area contributed by atoms with E-state index in [0.29, 0.717) is 46.6 Å². The molecule has 2 aromatic heterocycles. The van der Waals surface area contributed by atoms with Crippen LogP contribution in [-0.2, 0) is 6.61 Å². The zero-order chi connectivity index (χ0) is 27.9. The molecule has 0 aliphatic rings. The van der Waals surface area contributed by atoms with Crippen LogP contribution in [0.4, 0.5) is 5.82 Å². The molecule has 5 aromatic rings. The Labute approximate surface area is 233 Å². The Hall–Kier alpha value is -5.23. The van der Waals surface area contributed by atoms with Crippen molar-refractivity contribution in [2.24, 2.45) is 5.10 Å². The van der Waals surface area contributed by atoms with E-state index in [-0.39, 0.29) is 17.3 Å². The zero-order valence-corrected chi connectivity index (χ0v) is 21.9. The van der Waals surface area contributed by atoms with E-state index < -0.39 is 5.91 Å². The van der Waals surface area contributed by atoms with Gasteiger partial charge in [-0.05, 0) is 58.7 Å². The van der Waals surface area contributed by atoms with Gasteiger partial charge < -0.3 is 15.2 Å². The SMILES string of the molecule is CCOc1cc(/C=N/NC(=O)c2c(-c3ccccc3)nnn2-c2nonc2N)ccc1OCc1ccc(Cl)cc1. The quantitative estimate of drug-likeness (QED) is 0.188. The summed E-state index contributed by atoms with van der Waals surface area (Å²) in [4.78, 5) is 13.3. The van der Waals surface area contributed by atoms with Crippen molar-refractivity contribution in [3.05, 3.63) is 94.6 Å². The second-order valence-corrected chi connectivity index (χ2v) is 8.73. The van der Waals surface area contributed by atoms with Crippen LogP contribution in [0.15, 0.2) is 82.5 Å². The Morgan fingerprint density at radius 2 is 1.88 bits per heavy atom. The summed E-state index contributed by atoms with van der Waals surface area (Å²) >= 11 is 5.96. The number of aromatic nitrogens is 5. The molecule has 13 heteroatoms. The van der Waals surface area contributed by atoms with Crippen LogP contribution in [0.25, 0.3) is 17.1 Å². The molecule has 3 aromatic carbocycles. The van der Waals surface area contributed by atoms with Gasteiger partial charge in [0.05, 0.1) is 12.8 Å². The lowest BCUT2D eigenvalue weighted by Crippen LogP contribution is -2.22. The van der Waals surface area contributed by atoms with E-state index >= 15 is 0 Å². The number of rotatable bonds is 10. The third kappa shape index (κ3) is 5.92. The maximum Gasteiger partial charge on any atom is 0.292 e. The highest BCUT2D eigenvalue weighted by molar-refractivity contribution is 6.30. The number of hydrogen-bond donors (Lipinski definition) is 2. The van der Waals surface area contributed by atoms with Crippen molar-refractivity contribution in [2.75, 3.05) is 12.3 Å². The smallest absolute Gasteiger partial charge is 0.292 e. The fraction of sp³-hybridized carbons (Fsp3) is 0.111. The number of hydrazone groups is 1. The monoisotopic (exact) mass is 558 g/mol. The molecule has 0 fully saturated rings. The Balaban J connectivity index is 1.35. The summed E-state index contributed by atoms with van der Waals surface area (Å²) in [5.74, 6) is 0.479. The van der Waals surface area contributed by atoms with Crippen LogP contribution in [0.3, 0.4) is 0 Å². The summed E-state index contributed by atoms with van der Waals surface area (Å²) in [6.45, 7) is 2.66. The zero-order valence-electron chi connectivity index (χ0n) is 21.2. The van der Waals surface area contributed by atoms with Crippen LogP contribution in [0, 0.1) is 0 Å². The van der Waals surface area contributed by atoms with Gasteiger partial charge in [0, 0.05) is 10.6 Å². The lowest BCUT2D eigenvalue weighted by Gasteiger charge is -2.12. The summed E-state index contributed by atoms with van der Waals surface area (Å²) in [6.07, 6.45) is 1.48. The minimum absolute atomic E-state index is 0.0272. The summed E-state index contributed by atoms with van der Waals surface area (Å²) in [5, 5.41) is 20.3. The number of amides is 1. The molecule has 40 heavy (non-hydrogen) atoms. The molecule has 0 saturated carbocycles. The molecule has 0 spiro atoms. The van der Waals surface area contributed by atoms with Crippen LogP contribution in [0.1, 0.15) is 28.5 Å². The highest BCUT2D eigenvalue weighted by Crippen LogP contribution is 2.29. The van der Waals surface area contributed by atoms with Gasteiger partial charge in [-0.2, -0.15) is 9.78 Å². The molecule has 3 N–H and O–H groups in total. The molecule has 0 aliphatic heterocycles. The van der Waals surface area contributed by atoms with E-state index in [1.165, 1.54) is 6.21 Å².